The summed E-state index contributed by atoms with van der Waals surface area (Å²) in [7, 11) is 0. The van der Waals surface area contributed by atoms with Gasteiger partial charge in [-0.15, -0.1) is 11.3 Å². The summed E-state index contributed by atoms with van der Waals surface area (Å²) in [6, 6.07) is 95.0. The van der Waals surface area contributed by atoms with Crippen LogP contribution in [0.4, 0.5) is 17.1 Å². The molecule has 0 saturated carbocycles. The number of benzene rings is 11. The lowest BCUT2D eigenvalue weighted by molar-refractivity contribution is 1.28. The molecule has 0 unspecified atom stereocenters. The van der Waals surface area contributed by atoms with Crippen LogP contribution in [0.2, 0.25) is 0 Å². The molecule has 0 fully saturated rings. The summed E-state index contributed by atoms with van der Waals surface area (Å²) in [5, 5.41) is 5.17. The fourth-order valence-corrected chi connectivity index (χ4v) is 10.4. The van der Waals surface area contributed by atoms with Crippen molar-refractivity contribution in [3.8, 4) is 66.8 Å². The van der Waals surface area contributed by atoms with E-state index in [0.717, 1.165) is 17.1 Å². The van der Waals surface area contributed by atoms with Gasteiger partial charge in [-0.05, 0) is 138 Å². The van der Waals surface area contributed by atoms with Crippen LogP contribution in [0, 0.1) is 0 Å². The Kier molecular flexibility index (Phi) is 10.1. The van der Waals surface area contributed by atoms with Crippen molar-refractivity contribution < 1.29 is 0 Å². The number of rotatable bonds is 9. The fourth-order valence-electron chi connectivity index (χ4n) is 9.33. The summed E-state index contributed by atoms with van der Waals surface area (Å²) in [4.78, 5) is 2.35. The highest BCUT2D eigenvalue weighted by Crippen LogP contribution is 2.40. The second-order valence-corrected chi connectivity index (χ2v) is 18.0. The first kappa shape index (κ1) is 39.3. The third-order valence-electron chi connectivity index (χ3n) is 12.9. The number of hydrogen-bond acceptors (Lipinski definition) is 2. The van der Waals surface area contributed by atoms with E-state index in [0.29, 0.717) is 0 Å². The molecule has 0 saturated heterocycles. The lowest BCUT2D eigenvalue weighted by atomic mass is 9.98. The molecule has 11 aromatic carbocycles. The van der Waals surface area contributed by atoms with Gasteiger partial charge in [-0.3, -0.25) is 0 Å². The van der Waals surface area contributed by atoms with Gasteiger partial charge >= 0.3 is 0 Å². The Bertz CT molecular complexity index is 3630. The Hall–Kier alpha value is -8.30. The minimum Gasteiger partial charge on any atom is -0.311 e. The SMILES string of the molecule is c1ccc(-c2ccc(-c3ccc(N(c4ccc(-c5ccc(-c6ccc7ccccc7c6)cc5)cc4)c4ccc(-c5ccc(-c6ccc7sc8ccccc8c7c6)cc5)cc4)cc3)cc2)cc1. The van der Waals surface area contributed by atoms with Crippen molar-refractivity contribution in [3.63, 3.8) is 0 Å². The topological polar surface area (TPSA) is 3.24 Å². The van der Waals surface area contributed by atoms with Gasteiger partial charge in [0, 0.05) is 37.2 Å². The molecule has 1 aromatic heterocycles. The van der Waals surface area contributed by atoms with Crippen molar-refractivity contribution in [2.45, 2.75) is 0 Å². The Morgan fingerprint density at radius 3 is 1.05 bits per heavy atom. The van der Waals surface area contributed by atoms with Crippen LogP contribution in [0.3, 0.4) is 0 Å². The van der Waals surface area contributed by atoms with Gasteiger partial charge in [0.15, 0.2) is 0 Å². The zero-order valence-corrected chi connectivity index (χ0v) is 37.0. The zero-order chi connectivity index (χ0) is 43.8. The first-order valence-corrected chi connectivity index (χ1v) is 23.4. The smallest absolute Gasteiger partial charge is 0.0462 e. The van der Waals surface area contributed by atoms with Crippen molar-refractivity contribution in [1.29, 1.82) is 0 Å². The van der Waals surface area contributed by atoms with Crippen LogP contribution in [-0.4, -0.2) is 0 Å². The van der Waals surface area contributed by atoms with Gasteiger partial charge in [0.2, 0.25) is 0 Å². The highest BCUT2D eigenvalue weighted by Gasteiger charge is 2.15. The molecule has 2 heteroatoms. The molecule has 0 aliphatic rings. The van der Waals surface area contributed by atoms with Gasteiger partial charge in [0.1, 0.15) is 0 Å². The normalized spacial score (nSPS) is 11.3. The number of fused-ring (bicyclic) bond motifs is 4. The number of hydrogen-bond donors (Lipinski definition) is 0. The van der Waals surface area contributed by atoms with Gasteiger partial charge in [-0.2, -0.15) is 0 Å². The minimum atomic E-state index is 1.10. The molecule has 12 rings (SSSR count). The Morgan fingerprint density at radius 1 is 0.212 bits per heavy atom. The lowest BCUT2D eigenvalue weighted by Crippen LogP contribution is -2.09. The van der Waals surface area contributed by atoms with Crippen molar-refractivity contribution in [2.24, 2.45) is 0 Å². The summed E-state index contributed by atoms with van der Waals surface area (Å²) in [6.07, 6.45) is 0. The van der Waals surface area contributed by atoms with E-state index in [1.54, 1.807) is 0 Å². The molecule has 0 atom stereocenters. The van der Waals surface area contributed by atoms with Crippen molar-refractivity contribution in [2.75, 3.05) is 4.90 Å². The molecule has 66 heavy (non-hydrogen) atoms. The van der Waals surface area contributed by atoms with Gasteiger partial charge in [-0.1, -0.05) is 200 Å². The van der Waals surface area contributed by atoms with Crippen molar-refractivity contribution in [1.82, 2.24) is 0 Å². The summed E-state index contributed by atoms with van der Waals surface area (Å²) >= 11 is 1.86. The summed E-state index contributed by atoms with van der Waals surface area (Å²) in [6.45, 7) is 0. The van der Waals surface area contributed by atoms with Crippen LogP contribution in [0.25, 0.3) is 97.7 Å². The van der Waals surface area contributed by atoms with Crippen LogP contribution < -0.4 is 4.90 Å². The van der Waals surface area contributed by atoms with Crippen molar-refractivity contribution in [3.05, 3.63) is 261 Å². The minimum absolute atomic E-state index is 1.10. The number of nitrogens with zero attached hydrogens (tertiary/aromatic N) is 1. The molecule has 0 aliphatic heterocycles. The summed E-state index contributed by atoms with van der Waals surface area (Å²) < 4.78 is 2.66. The Morgan fingerprint density at radius 2 is 0.545 bits per heavy atom. The predicted molar refractivity (Wildman–Crippen MR) is 284 cm³/mol. The maximum atomic E-state index is 2.35. The van der Waals surface area contributed by atoms with E-state index in [9.17, 15) is 0 Å². The van der Waals surface area contributed by atoms with E-state index in [4.69, 9.17) is 0 Å². The number of thiophene rings is 1. The van der Waals surface area contributed by atoms with Crippen LogP contribution in [0.5, 0.6) is 0 Å². The number of anilines is 3. The van der Waals surface area contributed by atoms with Gasteiger partial charge in [0.05, 0.1) is 0 Å². The average molecular weight is 858 g/mol. The second kappa shape index (κ2) is 17.0. The summed E-state index contributed by atoms with van der Waals surface area (Å²) in [5.74, 6) is 0. The van der Waals surface area contributed by atoms with Crippen LogP contribution >= 0.6 is 11.3 Å². The quantitative estimate of drug-likeness (QED) is 0.140. The van der Waals surface area contributed by atoms with Crippen LogP contribution in [0.1, 0.15) is 0 Å². The highest BCUT2D eigenvalue weighted by atomic mass is 32.1. The lowest BCUT2D eigenvalue weighted by Gasteiger charge is -2.26. The molecule has 0 amide bonds. The molecule has 0 N–H and O–H groups in total. The van der Waals surface area contributed by atoms with E-state index in [-0.39, 0.29) is 0 Å². The zero-order valence-electron chi connectivity index (χ0n) is 36.2. The Balaban J connectivity index is 0.836. The molecule has 0 spiro atoms. The molecule has 12 aromatic rings. The molecule has 0 aliphatic carbocycles. The summed E-state index contributed by atoms with van der Waals surface area (Å²) in [5.41, 5.74) is 17.8. The monoisotopic (exact) mass is 857 g/mol. The first-order chi connectivity index (χ1) is 32.7. The maximum Gasteiger partial charge on any atom is 0.0462 e. The van der Waals surface area contributed by atoms with Crippen molar-refractivity contribution >= 4 is 59.3 Å². The second-order valence-electron chi connectivity index (χ2n) is 16.9. The maximum absolute atomic E-state index is 2.35. The molecular weight excluding hydrogens is 815 g/mol. The molecule has 0 bridgehead atoms. The van der Waals surface area contributed by atoms with E-state index in [1.807, 2.05) is 11.3 Å². The third-order valence-corrected chi connectivity index (χ3v) is 14.1. The van der Waals surface area contributed by atoms with Crippen LogP contribution in [-0.2, 0) is 0 Å². The standard InChI is InChI=1S/C64H43NS/c1-2-8-44(9-3-1)46-14-16-47(17-15-46)50-28-35-58(36-29-50)65(59-37-30-51(31-38-59)48-18-22-53(23-19-48)56-27-26-45-10-4-5-11-55(45)42-56)60-39-32-52(33-40-60)49-20-24-54(25-21-49)57-34-41-64-62(43-57)61-12-6-7-13-63(61)66-64/h1-43H. The Labute approximate surface area is 389 Å². The molecule has 1 nitrogen and oxygen atoms in total. The van der Waals surface area contributed by atoms with Gasteiger partial charge in [0.25, 0.3) is 0 Å². The molecule has 310 valence electrons. The first-order valence-electron chi connectivity index (χ1n) is 22.5. The highest BCUT2D eigenvalue weighted by molar-refractivity contribution is 7.25. The third kappa shape index (κ3) is 7.64. The van der Waals surface area contributed by atoms with Gasteiger partial charge < -0.3 is 4.90 Å². The van der Waals surface area contributed by atoms with E-state index in [2.05, 4.69) is 266 Å². The average Bonchev–Trinajstić information content (AvgIpc) is 3.78. The molecule has 0 radical (unpaired) electrons. The fraction of sp³-hybridized carbons (Fsp3) is 0. The van der Waals surface area contributed by atoms with Crippen LogP contribution in [0.15, 0.2) is 261 Å². The predicted octanol–water partition coefficient (Wildman–Crippen LogP) is 18.7. The molecule has 1 heterocycles. The van der Waals surface area contributed by atoms with E-state index in [1.165, 1.54) is 97.7 Å². The van der Waals surface area contributed by atoms with E-state index >= 15 is 0 Å². The molecular formula is C64H43NS. The van der Waals surface area contributed by atoms with E-state index < -0.39 is 0 Å². The largest absolute Gasteiger partial charge is 0.311 e. The van der Waals surface area contributed by atoms with Gasteiger partial charge in [-0.25, -0.2) is 0 Å².